The number of nitrogens with zero attached hydrogens (tertiary/aromatic N) is 1. The van der Waals surface area contributed by atoms with Crippen LogP contribution in [0.25, 0.3) is 0 Å². The molecule has 0 saturated carbocycles. The van der Waals surface area contributed by atoms with E-state index in [0.29, 0.717) is 30.7 Å². The van der Waals surface area contributed by atoms with Gasteiger partial charge in [0.05, 0.1) is 28.5 Å². The van der Waals surface area contributed by atoms with E-state index in [-0.39, 0.29) is 11.7 Å². The summed E-state index contributed by atoms with van der Waals surface area (Å²) in [6, 6.07) is 8.32. The minimum absolute atomic E-state index is 0.0716. The molecule has 8 heteroatoms. The van der Waals surface area contributed by atoms with E-state index in [1.165, 1.54) is 13.3 Å². The maximum Gasteiger partial charge on any atom is 0.271 e. The molecule has 0 saturated heterocycles. The summed E-state index contributed by atoms with van der Waals surface area (Å²) < 4.78 is 11.5. The number of aromatic hydroxyl groups is 1. The first kappa shape index (κ1) is 18.5. The standard InChI is InChI=1S/C16H14BrIN2O4/c1-23-13-4-3-10(7-11(13)17)16(22)20-19-8-9-5-12(18)15(21)14(6-9)24-2/h3-8,21H,1-2H3,(H,20,22)/b19-8-. The van der Waals surface area contributed by atoms with Crippen LogP contribution in [-0.4, -0.2) is 31.4 Å². The molecule has 2 N–H and O–H groups in total. The normalized spacial score (nSPS) is 10.7. The number of carbonyl (C=O) groups is 1. The van der Waals surface area contributed by atoms with Gasteiger partial charge in [-0.25, -0.2) is 5.43 Å². The van der Waals surface area contributed by atoms with Crippen molar-refractivity contribution in [3.8, 4) is 17.2 Å². The number of hydrazone groups is 1. The third kappa shape index (κ3) is 4.38. The highest BCUT2D eigenvalue weighted by Gasteiger charge is 2.09. The molecule has 126 valence electrons. The van der Waals surface area contributed by atoms with Crippen LogP contribution < -0.4 is 14.9 Å². The quantitative estimate of drug-likeness (QED) is 0.371. The van der Waals surface area contributed by atoms with Crippen LogP contribution >= 0.6 is 38.5 Å². The molecule has 0 radical (unpaired) electrons. The van der Waals surface area contributed by atoms with Gasteiger partial charge in [-0.05, 0) is 74.4 Å². The smallest absolute Gasteiger partial charge is 0.271 e. The molecule has 6 nitrogen and oxygen atoms in total. The Morgan fingerprint density at radius 2 is 1.96 bits per heavy atom. The van der Waals surface area contributed by atoms with Crippen LogP contribution in [0.15, 0.2) is 39.9 Å². The maximum atomic E-state index is 12.1. The maximum absolute atomic E-state index is 12.1. The first-order valence-corrected chi connectivity index (χ1v) is 8.57. The van der Waals surface area contributed by atoms with Gasteiger partial charge in [-0.3, -0.25) is 4.79 Å². The summed E-state index contributed by atoms with van der Waals surface area (Å²) in [5.41, 5.74) is 3.57. The highest BCUT2D eigenvalue weighted by Crippen LogP contribution is 2.31. The third-order valence-corrected chi connectivity index (χ3v) is 4.51. The minimum Gasteiger partial charge on any atom is -0.504 e. The molecule has 2 rings (SSSR count). The molecule has 2 aromatic rings. The Bertz CT molecular complexity index is 796. The van der Waals surface area contributed by atoms with E-state index >= 15 is 0 Å². The summed E-state index contributed by atoms with van der Waals surface area (Å²) in [6.45, 7) is 0. The first-order chi connectivity index (χ1) is 11.5. The van der Waals surface area contributed by atoms with Crippen molar-refractivity contribution in [3.63, 3.8) is 0 Å². The average molecular weight is 505 g/mol. The second kappa shape index (κ2) is 8.34. The average Bonchev–Trinajstić information content (AvgIpc) is 2.57. The molecule has 1 amide bonds. The highest BCUT2D eigenvalue weighted by atomic mass is 127. The molecule has 0 aliphatic rings. The van der Waals surface area contributed by atoms with Crippen LogP contribution in [0.1, 0.15) is 15.9 Å². The molecule has 0 spiro atoms. The van der Waals surface area contributed by atoms with Crippen molar-refractivity contribution in [1.29, 1.82) is 0 Å². The molecule has 0 aliphatic heterocycles. The van der Waals surface area contributed by atoms with Gasteiger partial charge in [-0.1, -0.05) is 0 Å². The molecular formula is C16H14BrIN2O4. The number of hydrogen-bond donors (Lipinski definition) is 2. The van der Waals surface area contributed by atoms with Crippen LogP contribution in [-0.2, 0) is 0 Å². The summed E-state index contributed by atoms with van der Waals surface area (Å²) >= 11 is 5.32. The molecule has 2 aromatic carbocycles. The van der Waals surface area contributed by atoms with E-state index in [0.717, 1.165) is 0 Å². The fourth-order valence-electron chi connectivity index (χ4n) is 1.86. The zero-order chi connectivity index (χ0) is 17.7. The van der Waals surface area contributed by atoms with E-state index in [2.05, 4.69) is 26.5 Å². The van der Waals surface area contributed by atoms with Crippen LogP contribution in [0, 0.1) is 3.57 Å². The summed E-state index contributed by atoms with van der Waals surface area (Å²) in [5, 5.41) is 13.7. The van der Waals surface area contributed by atoms with E-state index in [1.807, 2.05) is 22.6 Å². The Morgan fingerprint density at radius 1 is 1.25 bits per heavy atom. The van der Waals surface area contributed by atoms with Crippen molar-refractivity contribution >= 4 is 50.6 Å². The number of hydrogen-bond acceptors (Lipinski definition) is 5. The van der Waals surface area contributed by atoms with Crippen LogP contribution in [0.3, 0.4) is 0 Å². The van der Waals surface area contributed by atoms with Gasteiger partial charge < -0.3 is 14.6 Å². The fraction of sp³-hybridized carbons (Fsp3) is 0.125. The van der Waals surface area contributed by atoms with Gasteiger partial charge >= 0.3 is 0 Å². The zero-order valence-corrected chi connectivity index (χ0v) is 16.6. The van der Waals surface area contributed by atoms with Crippen LogP contribution in [0.5, 0.6) is 17.2 Å². The number of halogens is 2. The Kier molecular flexibility index (Phi) is 6.44. The molecular weight excluding hydrogens is 491 g/mol. The number of methoxy groups -OCH3 is 2. The molecule has 0 aliphatic carbocycles. The van der Waals surface area contributed by atoms with Gasteiger partial charge in [0.2, 0.25) is 0 Å². The first-order valence-electron chi connectivity index (χ1n) is 6.69. The highest BCUT2D eigenvalue weighted by molar-refractivity contribution is 14.1. The molecule has 0 fully saturated rings. The van der Waals surface area contributed by atoms with E-state index in [1.54, 1.807) is 37.4 Å². The number of phenolic OH excluding ortho intramolecular Hbond substituents is 1. The zero-order valence-electron chi connectivity index (χ0n) is 12.8. The number of amides is 1. The number of carbonyl (C=O) groups excluding carboxylic acids is 1. The lowest BCUT2D eigenvalue weighted by molar-refractivity contribution is 0.0955. The lowest BCUT2D eigenvalue weighted by Crippen LogP contribution is -2.17. The topological polar surface area (TPSA) is 80.2 Å². The van der Waals surface area contributed by atoms with Crippen molar-refractivity contribution in [2.24, 2.45) is 5.10 Å². The molecule has 24 heavy (non-hydrogen) atoms. The van der Waals surface area contributed by atoms with Crippen molar-refractivity contribution in [2.45, 2.75) is 0 Å². The molecule has 0 aromatic heterocycles. The molecule has 0 atom stereocenters. The van der Waals surface area contributed by atoms with E-state index in [9.17, 15) is 9.90 Å². The fourth-order valence-corrected chi connectivity index (χ4v) is 3.03. The van der Waals surface area contributed by atoms with E-state index < -0.39 is 0 Å². The Hall–Kier alpha value is -1.81. The summed E-state index contributed by atoms with van der Waals surface area (Å²) in [5.74, 6) is 0.701. The van der Waals surface area contributed by atoms with Gasteiger partial charge in [-0.2, -0.15) is 5.10 Å². The Morgan fingerprint density at radius 3 is 2.58 bits per heavy atom. The number of phenols is 1. The monoisotopic (exact) mass is 504 g/mol. The van der Waals surface area contributed by atoms with Crippen molar-refractivity contribution in [1.82, 2.24) is 5.43 Å². The van der Waals surface area contributed by atoms with Gasteiger partial charge in [0.15, 0.2) is 11.5 Å². The van der Waals surface area contributed by atoms with Crippen LogP contribution in [0.4, 0.5) is 0 Å². The Labute approximate surface area is 161 Å². The van der Waals surface area contributed by atoms with Gasteiger partial charge in [-0.15, -0.1) is 0 Å². The molecule has 0 bridgehead atoms. The molecule has 0 heterocycles. The van der Waals surface area contributed by atoms with Crippen molar-refractivity contribution < 1.29 is 19.4 Å². The van der Waals surface area contributed by atoms with E-state index in [4.69, 9.17) is 9.47 Å². The van der Waals surface area contributed by atoms with Crippen LogP contribution in [0.2, 0.25) is 0 Å². The Balaban J connectivity index is 2.10. The number of ether oxygens (including phenoxy) is 2. The second-order valence-electron chi connectivity index (χ2n) is 4.60. The lowest BCUT2D eigenvalue weighted by Gasteiger charge is -2.07. The minimum atomic E-state index is -0.352. The van der Waals surface area contributed by atoms with Gasteiger partial charge in [0, 0.05) is 5.56 Å². The number of rotatable bonds is 5. The number of benzene rings is 2. The third-order valence-electron chi connectivity index (χ3n) is 3.06. The van der Waals surface area contributed by atoms with Gasteiger partial charge in [0.25, 0.3) is 5.91 Å². The SMILES string of the molecule is COc1ccc(C(=O)N/N=C\c2cc(I)c(O)c(OC)c2)cc1Br. The largest absolute Gasteiger partial charge is 0.504 e. The predicted octanol–water partition coefficient (Wildman–Crippen LogP) is 3.54. The molecule has 0 unspecified atom stereocenters. The second-order valence-corrected chi connectivity index (χ2v) is 6.62. The number of nitrogens with one attached hydrogen (secondary N) is 1. The predicted molar refractivity (Wildman–Crippen MR) is 103 cm³/mol. The summed E-state index contributed by atoms with van der Waals surface area (Å²) in [4.78, 5) is 12.1. The van der Waals surface area contributed by atoms with Crippen molar-refractivity contribution in [3.05, 3.63) is 49.5 Å². The van der Waals surface area contributed by atoms with Gasteiger partial charge in [0.1, 0.15) is 5.75 Å². The summed E-state index contributed by atoms with van der Waals surface area (Å²) in [7, 11) is 3.02. The van der Waals surface area contributed by atoms with Crippen molar-refractivity contribution in [2.75, 3.05) is 14.2 Å². The summed E-state index contributed by atoms with van der Waals surface area (Å²) in [6.07, 6.45) is 1.47. The lowest BCUT2D eigenvalue weighted by atomic mass is 10.2.